The van der Waals surface area contributed by atoms with Crippen molar-refractivity contribution in [2.24, 2.45) is 0 Å². The molecule has 0 unspecified atom stereocenters. The van der Waals surface area contributed by atoms with Crippen LogP contribution in [0.2, 0.25) is 0 Å². The third-order valence-corrected chi connectivity index (χ3v) is 2.92. The van der Waals surface area contributed by atoms with Gasteiger partial charge in [-0.05, 0) is 13.0 Å². The van der Waals surface area contributed by atoms with Gasteiger partial charge in [0, 0.05) is 23.5 Å². The van der Waals surface area contributed by atoms with Crippen LogP contribution < -0.4 is 10.1 Å². The number of aromatic nitrogens is 2. The van der Waals surface area contributed by atoms with Gasteiger partial charge >= 0.3 is 0 Å². The van der Waals surface area contributed by atoms with E-state index in [2.05, 4.69) is 15.3 Å². The first-order chi connectivity index (χ1) is 8.20. The maximum absolute atomic E-state index is 11.9. The fourth-order valence-corrected chi connectivity index (χ4v) is 1.97. The Morgan fingerprint density at radius 2 is 2.29 bits per heavy atom. The summed E-state index contributed by atoms with van der Waals surface area (Å²) in [5.41, 5.74) is 0.392. The fourth-order valence-electron chi connectivity index (χ4n) is 1.31. The Kier molecular flexibility index (Phi) is 3.34. The van der Waals surface area contributed by atoms with Crippen molar-refractivity contribution in [3.05, 3.63) is 35.1 Å². The number of ether oxygens (including phenoxy) is 1. The number of nitrogens with zero attached hydrogens (tertiary/aromatic N) is 2. The van der Waals surface area contributed by atoms with Crippen molar-refractivity contribution in [3.63, 3.8) is 0 Å². The third kappa shape index (κ3) is 2.59. The molecule has 0 atom stereocenters. The molecule has 88 valence electrons. The van der Waals surface area contributed by atoms with Crippen molar-refractivity contribution in [1.29, 1.82) is 0 Å². The molecule has 1 N–H and O–H groups in total. The number of hydrogen-bond donors (Lipinski definition) is 1. The number of rotatable bonds is 3. The lowest BCUT2D eigenvalue weighted by atomic mass is 10.2. The van der Waals surface area contributed by atoms with Crippen molar-refractivity contribution in [2.75, 3.05) is 12.4 Å². The number of anilines is 1. The summed E-state index contributed by atoms with van der Waals surface area (Å²) in [5, 5.41) is 3.27. The number of nitrogens with one attached hydrogen (secondary N) is 1. The molecule has 0 aliphatic rings. The van der Waals surface area contributed by atoms with Gasteiger partial charge in [-0.25, -0.2) is 4.98 Å². The zero-order chi connectivity index (χ0) is 12.3. The number of methoxy groups -OCH3 is 1. The second-order valence-corrected chi connectivity index (χ2v) is 4.54. The predicted molar refractivity (Wildman–Crippen MR) is 65.6 cm³/mol. The maximum Gasteiger partial charge on any atom is 0.262 e. The molecule has 2 aromatic heterocycles. The number of hydrogen-bond acceptors (Lipinski definition) is 5. The van der Waals surface area contributed by atoms with E-state index in [1.807, 2.05) is 6.92 Å². The second-order valence-electron chi connectivity index (χ2n) is 3.31. The van der Waals surface area contributed by atoms with E-state index in [0.29, 0.717) is 16.4 Å². The standard InChI is InChI=1S/C11H11N3O2S/c1-7-5-13-11(17-7)14-10(15)8-6-12-4-3-9(8)16-2/h3-6H,1-2H3,(H,13,14,15). The Hall–Kier alpha value is -1.95. The van der Waals surface area contributed by atoms with Gasteiger partial charge in [-0.2, -0.15) is 0 Å². The first-order valence-electron chi connectivity index (χ1n) is 4.92. The van der Waals surface area contributed by atoms with E-state index in [0.717, 1.165) is 4.88 Å². The highest BCUT2D eigenvalue weighted by molar-refractivity contribution is 7.15. The van der Waals surface area contributed by atoms with Gasteiger partial charge in [0.15, 0.2) is 5.13 Å². The number of pyridine rings is 1. The third-order valence-electron chi connectivity index (χ3n) is 2.09. The lowest BCUT2D eigenvalue weighted by molar-refractivity contribution is 0.102. The van der Waals surface area contributed by atoms with Crippen LogP contribution in [0.15, 0.2) is 24.7 Å². The van der Waals surface area contributed by atoms with Crippen LogP contribution in [0, 0.1) is 6.92 Å². The summed E-state index contributed by atoms with van der Waals surface area (Å²) in [6.07, 6.45) is 4.75. The molecule has 0 aliphatic heterocycles. The largest absolute Gasteiger partial charge is 0.496 e. The zero-order valence-corrected chi connectivity index (χ0v) is 10.2. The summed E-state index contributed by atoms with van der Waals surface area (Å²) in [5.74, 6) is 0.218. The lowest BCUT2D eigenvalue weighted by Crippen LogP contribution is -2.13. The molecule has 1 amide bonds. The molecular weight excluding hydrogens is 238 g/mol. The van der Waals surface area contributed by atoms with E-state index in [1.54, 1.807) is 18.5 Å². The zero-order valence-electron chi connectivity index (χ0n) is 9.43. The minimum atomic E-state index is -0.274. The molecule has 0 radical (unpaired) electrons. The van der Waals surface area contributed by atoms with Gasteiger partial charge in [-0.3, -0.25) is 15.1 Å². The molecule has 2 rings (SSSR count). The molecule has 5 nitrogen and oxygen atoms in total. The molecule has 2 aromatic rings. The summed E-state index contributed by atoms with van der Waals surface area (Å²) in [4.78, 5) is 20.9. The van der Waals surface area contributed by atoms with E-state index in [1.165, 1.54) is 24.6 Å². The number of carbonyl (C=O) groups is 1. The topological polar surface area (TPSA) is 64.1 Å². The summed E-state index contributed by atoms with van der Waals surface area (Å²) in [6, 6.07) is 1.64. The average Bonchev–Trinajstić information content (AvgIpc) is 2.74. The maximum atomic E-state index is 11.9. The molecule has 0 fully saturated rings. The Morgan fingerprint density at radius 1 is 1.47 bits per heavy atom. The number of thiazole rings is 1. The van der Waals surface area contributed by atoms with Gasteiger partial charge in [-0.1, -0.05) is 0 Å². The van der Waals surface area contributed by atoms with Crippen LogP contribution in [-0.2, 0) is 0 Å². The van der Waals surface area contributed by atoms with E-state index in [-0.39, 0.29) is 5.91 Å². The SMILES string of the molecule is COc1ccncc1C(=O)Nc1ncc(C)s1. The predicted octanol–water partition coefficient (Wildman–Crippen LogP) is 2.11. The van der Waals surface area contributed by atoms with Gasteiger partial charge < -0.3 is 4.74 Å². The highest BCUT2D eigenvalue weighted by atomic mass is 32.1. The second kappa shape index (κ2) is 4.92. The monoisotopic (exact) mass is 249 g/mol. The Balaban J connectivity index is 2.20. The van der Waals surface area contributed by atoms with Crippen LogP contribution in [0.25, 0.3) is 0 Å². The minimum Gasteiger partial charge on any atom is -0.496 e. The van der Waals surface area contributed by atoms with Crippen LogP contribution in [0.1, 0.15) is 15.2 Å². The summed E-state index contributed by atoms with van der Waals surface area (Å²) < 4.78 is 5.09. The number of carbonyl (C=O) groups excluding carboxylic acids is 1. The smallest absolute Gasteiger partial charge is 0.262 e. The minimum absolute atomic E-state index is 0.274. The number of amides is 1. The van der Waals surface area contributed by atoms with Crippen molar-refractivity contribution < 1.29 is 9.53 Å². The van der Waals surface area contributed by atoms with E-state index in [4.69, 9.17) is 4.74 Å². The fraction of sp³-hybridized carbons (Fsp3) is 0.182. The average molecular weight is 249 g/mol. The number of aryl methyl sites for hydroxylation is 1. The summed E-state index contributed by atoms with van der Waals surface area (Å²) in [7, 11) is 1.51. The Labute approximate surface area is 102 Å². The van der Waals surface area contributed by atoms with Gasteiger partial charge in [0.2, 0.25) is 0 Å². The van der Waals surface area contributed by atoms with Crippen molar-refractivity contribution in [2.45, 2.75) is 6.92 Å². The Morgan fingerprint density at radius 3 is 2.94 bits per heavy atom. The van der Waals surface area contributed by atoms with Gasteiger partial charge in [0.25, 0.3) is 5.91 Å². The molecule has 2 heterocycles. The molecule has 17 heavy (non-hydrogen) atoms. The van der Waals surface area contributed by atoms with Gasteiger partial charge in [0.05, 0.1) is 7.11 Å². The first kappa shape index (κ1) is 11.5. The summed E-state index contributed by atoms with van der Waals surface area (Å²) in [6.45, 7) is 1.93. The van der Waals surface area contributed by atoms with Gasteiger partial charge in [-0.15, -0.1) is 11.3 Å². The molecule has 0 saturated carbocycles. The molecule has 0 aromatic carbocycles. The lowest BCUT2D eigenvalue weighted by Gasteiger charge is -2.06. The normalized spacial score (nSPS) is 10.0. The Bertz CT molecular complexity index is 539. The first-order valence-corrected chi connectivity index (χ1v) is 5.74. The molecular formula is C11H11N3O2S. The van der Waals surface area contributed by atoms with E-state index >= 15 is 0 Å². The van der Waals surface area contributed by atoms with E-state index < -0.39 is 0 Å². The van der Waals surface area contributed by atoms with E-state index in [9.17, 15) is 4.79 Å². The van der Waals surface area contributed by atoms with Gasteiger partial charge in [0.1, 0.15) is 11.3 Å². The molecule has 0 aliphatic carbocycles. The highest BCUT2D eigenvalue weighted by Gasteiger charge is 2.13. The van der Waals surface area contributed by atoms with Crippen molar-refractivity contribution >= 4 is 22.4 Å². The van der Waals surface area contributed by atoms with Crippen LogP contribution in [-0.4, -0.2) is 23.0 Å². The molecule has 0 bridgehead atoms. The molecule has 0 spiro atoms. The van der Waals surface area contributed by atoms with Crippen LogP contribution in [0.3, 0.4) is 0 Å². The van der Waals surface area contributed by atoms with Crippen LogP contribution in [0.4, 0.5) is 5.13 Å². The highest BCUT2D eigenvalue weighted by Crippen LogP contribution is 2.20. The van der Waals surface area contributed by atoms with Crippen molar-refractivity contribution in [3.8, 4) is 5.75 Å². The van der Waals surface area contributed by atoms with Crippen LogP contribution in [0.5, 0.6) is 5.75 Å². The summed E-state index contributed by atoms with van der Waals surface area (Å²) >= 11 is 1.42. The molecule has 0 saturated heterocycles. The molecule has 6 heteroatoms. The van der Waals surface area contributed by atoms with Crippen LogP contribution >= 0.6 is 11.3 Å². The van der Waals surface area contributed by atoms with Crippen molar-refractivity contribution in [1.82, 2.24) is 9.97 Å². The quantitative estimate of drug-likeness (QED) is 0.904.